The van der Waals surface area contributed by atoms with Crippen LogP contribution in [0.15, 0.2) is 95.9 Å². The van der Waals surface area contributed by atoms with E-state index in [4.69, 9.17) is 4.74 Å². The van der Waals surface area contributed by atoms with Crippen molar-refractivity contribution in [2.45, 2.75) is 30.2 Å². The molecule has 0 bridgehead atoms. The fourth-order valence-corrected chi connectivity index (χ4v) is 4.38. The van der Waals surface area contributed by atoms with Crippen LogP contribution < -0.4 is 14.8 Å². The van der Waals surface area contributed by atoms with Gasteiger partial charge in [0, 0.05) is 6.54 Å². The van der Waals surface area contributed by atoms with E-state index in [-0.39, 0.29) is 17.2 Å². The molecule has 1 amide bonds. The standard InChI is InChI=1S/C25H28N2O4S/c28-25(26-18-10-11-19-31-22-14-6-2-7-15-22)24(20-21-12-4-1-5-13-21)27-32(29,30)23-16-8-3-9-17-23/h1-9,12-17,24,27H,10-11,18-20H2,(H,26,28). The van der Waals surface area contributed by atoms with Gasteiger partial charge in [0.25, 0.3) is 0 Å². The number of amides is 1. The summed E-state index contributed by atoms with van der Waals surface area (Å²) in [5.74, 6) is 0.465. The highest BCUT2D eigenvalue weighted by Gasteiger charge is 2.25. The smallest absolute Gasteiger partial charge is 0.241 e. The number of carbonyl (C=O) groups excluding carboxylic acids is 1. The Bertz CT molecular complexity index is 1060. The van der Waals surface area contributed by atoms with Crippen molar-refractivity contribution in [3.63, 3.8) is 0 Å². The maximum atomic E-state index is 12.8. The number of para-hydroxylation sites is 1. The maximum Gasteiger partial charge on any atom is 0.241 e. The minimum atomic E-state index is -3.83. The fourth-order valence-electron chi connectivity index (χ4n) is 3.16. The minimum Gasteiger partial charge on any atom is -0.494 e. The van der Waals surface area contributed by atoms with Crippen molar-refractivity contribution >= 4 is 15.9 Å². The second-order valence-electron chi connectivity index (χ2n) is 7.34. The summed E-state index contributed by atoms with van der Waals surface area (Å²) in [6.45, 7) is 0.989. The molecular formula is C25H28N2O4S. The first-order valence-electron chi connectivity index (χ1n) is 10.6. The van der Waals surface area contributed by atoms with E-state index < -0.39 is 16.1 Å². The topological polar surface area (TPSA) is 84.5 Å². The zero-order valence-electron chi connectivity index (χ0n) is 17.8. The highest BCUT2D eigenvalue weighted by Crippen LogP contribution is 2.11. The first-order valence-corrected chi connectivity index (χ1v) is 12.1. The lowest BCUT2D eigenvalue weighted by Crippen LogP contribution is -2.48. The molecule has 3 aromatic carbocycles. The monoisotopic (exact) mass is 452 g/mol. The van der Waals surface area contributed by atoms with Gasteiger partial charge in [-0.25, -0.2) is 8.42 Å². The van der Waals surface area contributed by atoms with E-state index in [2.05, 4.69) is 10.0 Å². The largest absolute Gasteiger partial charge is 0.494 e. The van der Waals surface area contributed by atoms with Crippen molar-refractivity contribution in [3.8, 4) is 5.75 Å². The molecule has 0 saturated carbocycles. The molecule has 168 valence electrons. The van der Waals surface area contributed by atoms with Crippen LogP contribution >= 0.6 is 0 Å². The molecule has 0 aromatic heterocycles. The number of hydrogen-bond acceptors (Lipinski definition) is 4. The molecule has 0 aliphatic carbocycles. The molecule has 3 rings (SSSR count). The summed E-state index contributed by atoms with van der Waals surface area (Å²) in [6.07, 6.45) is 1.76. The molecule has 1 atom stereocenters. The van der Waals surface area contributed by atoms with Crippen LogP contribution in [0.2, 0.25) is 0 Å². The van der Waals surface area contributed by atoms with Gasteiger partial charge in [0.05, 0.1) is 11.5 Å². The molecule has 0 saturated heterocycles. The van der Waals surface area contributed by atoms with Crippen molar-refractivity contribution in [2.75, 3.05) is 13.2 Å². The van der Waals surface area contributed by atoms with E-state index in [1.54, 1.807) is 18.2 Å². The summed E-state index contributed by atoms with van der Waals surface area (Å²) in [5, 5.41) is 2.85. The average molecular weight is 453 g/mol. The summed E-state index contributed by atoms with van der Waals surface area (Å²) in [6, 6.07) is 26.1. The van der Waals surface area contributed by atoms with Gasteiger partial charge >= 0.3 is 0 Å². The van der Waals surface area contributed by atoms with Gasteiger partial charge in [-0.3, -0.25) is 4.79 Å². The summed E-state index contributed by atoms with van der Waals surface area (Å²) >= 11 is 0. The number of nitrogens with one attached hydrogen (secondary N) is 2. The van der Waals surface area contributed by atoms with E-state index in [0.29, 0.717) is 13.2 Å². The van der Waals surface area contributed by atoms with Crippen LogP contribution in [0.3, 0.4) is 0 Å². The zero-order valence-corrected chi connectivity index (χ0v) is 18.6. The van der Waals surface area contributed by atoms with Gasteiger partial charge in [0.1, 0.15) is 11.8 Å². The predicted octanol–water partition coefficient (Wildman–Crippen LogP) is 3.55. The van der Waals surface area contributed by atoms with Crippen molar-refractivity contribution in [3.05, 3.63) is 96.6 Å². The van der Waals surface area contributed by atoms with E-state index in [1.807, 2.05) is 60.7 Å². The zero-order chi connectivity index (χ0) is 22.7. The van der Waals surface area contributed by atoms with Crippen molar-refractivity contribution in [1.82, 2.24) is 10.0 Å². The molecule has 2 N–H and O–H groups in total. The number of carbonyl (C=O) groups is 1. The van der Waals surface area contributed by atoms with Gasteiger partial charge in [0.15, 0.2) is 0 Å². The third-order valence-corrected chi connectivity index (χ3v) is 6.32. The lowest BCUT2D eigenvalue weighted by molar-refractivity contribution is -0.122. The molecule has 7 heteroatoms. The quantitative estimate of drug-likeness (QED) is 0.412. The van der Waals surface area contributed by atoms with Crippen molar-refractivity contribution in [2.24, 2.45) is 0 Å². The number of unbranched alkanes of at least 4 members (excludes halogenated alkanes) is 1. The number of hydrogen-bond donors (Lipinski definition) is 2. The van der Waals surface area contributed by atoms with Gasteiger partial charge < -0.3 is 10.1 Å². The lowest BCUT2D eigenvalue weighted by atomic mass is 10.1. The van der Waals surface area contributed by atoms with Crippen LogP contribution in [-0.4, -0.2) is 33.5 Å². The molecule has 0 aliphatic heterocycles. The fraction of sp³-hybridized carbons (Fsp3) is 0.240. The van der Waals surface area contributed by atoms with Crippen LogP contribution in [0.5, 0.6) is 5.75 Å². The van der Waals surface area contributed by atoms with Gasteiger partial charge in [-0.15, -0.1) is 0 Å². The van der Waals surface area contributed by atoms with Crippen LogP contribution in [0, 0.1) is 0 Å². The van der Waals surface area contributed by atoms with Gasteiger partial charge in [0.2, 0.25) is 15.9 Å². The summed E-state index contributed by atoms with van der Waals surface area (Å²) in [7, 11) is -3.83. The summed E-state index contributed by atoms with van der Waals surface area (Å²) < 4.78 is 33.8. The maximum absolute atomic E-state index is 12.8. The molecule has 0 heterocycles. The third kappa shape index (κ3) is 7.51. The molecule has 0 fully saturated rings. The Hall–Kier alpha value is -3.16. The highest BCUT2D eigenvalue weighted by molar-refractivity contribution is 7.89. The Morgan fingerprint density at radius 3 is 2.06 bits per heavy atom. The molecule has 32 heavy (non-hydrogen) atoms. The Labute approximate surface area is 189 Å². The Kier molecular flexibility index (Phi) is 8.83. The number of benzene rings is 3. The van der Waals surface area contributed by atoms with Crippen LogP contribution in [0.4, 0.5) is 0 Å². The third-order valence-electron chi connectivity index (χ3n) is 4.83. The Balaban J connectivity index is 1.54. The average Bonchev–Trinajstić information content (AvgIpc) is 2.82. The van der Waals surface area contributed by atoms with E-state index in [0.717, 1.165) is 24.2 Å². The molecule has 0 aliphatic rings. The van der Waals surface area contributed by atoms with E-state index in [1.165, 1.54) is 12.1 Å². The minimum absolute atomic E-state index is 0.129. The van der Waals surface area contributed by atoms with Crippen molar-refractivity contribution in [1.29, 1.82) is 0 Å². The van der Waals surface area contributed by atoms with Gasteiger partial charge in [-0.1, -0.05) is 66.7 Å². The SMILES string of the molecule is O=C(NCCCCOc1ccccc1)C(Cc1ccccc1)NS(=O)(=O)c1ccccc1. The molecule has 3 aromatic rings. The molecule has 6 nitrogen and oxygen atoms in total. The normalized spacial score (nSPS) is 12.1. The summed E-state index contributed by atoms with van der Waals surface area (Å²) in [5.41, 5.74) is 0.875. The first-order chi connectivity index (χ1) is 15.5. The van der Waals surface area contributed by atoms with Crippen molar-refractivity contribution < 1.29 is 17.9 Å². The number of rotatable bonds is 12. The summed E-state index contributed by atoms with van der Waals surface area (Å²) in [4.78, 5) is 13.0. The van der Waals surface area contributed by atoms with Crippen LogP contribution in [0.25, 0.3) is 0 Å². The Morgan fingerprint density at radius 2 is 1.41 bits per heavy atom. The van der Waals surface area contributed by atoms with Crippen LogP contribution in [-0.2, 0) is 21.2 Å². The number of sulfonamides is 1. The molecule has 0 spiro atoms. The first kappa shape index (κ1) is 23.5. The molecule has 1 unspecified atom stereocenters. The van der Waals surface area contributed by atoms with Gasteiger partial charge in [-0.05, 0) is 49.1 Å². The second-order valence-corrected chi connectivity index (χ2v) is 9.05. The van der Waals surface area contributed by atoms with E-state index >= 15 is 0 Å². The van der Waals surface area contributed by atoms with Gasteiger partial charge in [-0.2, -0.15) is 4.72 Å². The highest BCUT2D eigenvalue weighted by atomic mass is 32.2. The predicted molar refractivity (Wildman–Crippen MR) is 125 cm³/mol. The van der Waals surface area contributed by atoms with E-state index in [9.17, 15) is 13.2 Å². The Morgan fingerprint density at radius 1 is 0.812 bits per heavy atom. The van der Waals surface area contributed by atoms with Crippen LogP contribution in [0.1, 0.15) is 18.4 Å². The molecule has 0 radical (unpaired) electrons. The second kappa shape index (κ2) is 12.0. The molecular weight excluding hydrogens is 424 g/mol. The lowest BCUT2D eigenvalue weighted by Gasteiger charge is -2.19. The number of ether oxygens (including phenoxy) is 1.